The molecule has 1 aromatic carbocycles. The van der Waals surface area contributed by atoms with Crippen LogP contribution in [0.1, 0.15) is 5.56 Å². The molecule has 0 spiro atoms. The van der Waals surface area contributed by atoms with E-state index in [4.69, 9.17) is 17.1 Å². The number of rotatable bonds is 2. The number of allylic oxidation sites excluding steroid dienone is 4. The number of carbonyl (C=O) groups is 2. The Kier molecular flexibility index (Phi) is 3.28. The van der Waals surface area contributed by atoms with E-state index in [2.05, 4.69) is 10.0 Å². The van der Waals surface area contributed by atoms with Crippen LogP contribution in [0.4, 0.5) is 5.69 Å². The first-order chi connectivity index (χ1) is 8.63. The predicted molar refractivity (Wildman–Crippen MR) is 67.4 cm³/mol. The zero-order valence-corrected chi connectivity index (χ0v) is 9.76. The van der Waals surface area contributed by atoms with Gasteiger partial charge in [-0.15, -0.1) is 0 Å². The van der Waals surface area contributed by atoms with Crippen LogP contribution in [0.15, 0.2) is 41.5 Å². The van der Waals surface area contributed by atoms with E-state index in [0.29, 0.717) is 5.56 Å². The monoisotopic (exact) mass is 259 g/mol. The van der Waals surface area contributed by atoms with Gasteiger partial charge in [0.15, 0.2) is 11.6 Å². The second-order valence-electron chi connectivity index (χ2n) is 3.48. The van der Waals surface area contributed by atoms with Crippen molar-refractivity contribution in [3.63, 3.8) is 0 Å². The van der Waals surface area contributed by atoms with Crippen LogP contribution in [0, 0.1) is 0 Å². The molecular weight excluding hydrogens is 254 g/mol. The van der Waals surface area contributed by atoms with Gasteiger partial charge >= 0.3 is 0 Å². The number of benzene rings is 1. The lowest BCUT2D eigenvalue weighted by atomic mass is 9.95. The molecule has 0 amide bonds. The first-order valence-electron chi connectivity index (χ1n) is 4.95. The quantitative estimate of drug-likeness (QED) is 0.353. The molecular formula is C12H6ClN3O2. The summed E-state index contributed by atoms with van der Waals surface area (Å²) in [5.74, 6) is -0.622. The van der Waals surface area contributed by atoms with Crippen LogP contribution in [-0.4, -0.2) is 11.6 Å². The molecule has 0 bridgehead atoms. The van der Waals surface area contributed by atoms with Crippen molar-refractivity contribution < 1.29 is 9.59 Å². The number of hydrogen-bond acceptors (Lipinski definition) is 3. The minimum atomic E-state index is -0.328. The van der Waals surface area contributed by atoms with Gasteiger partial charge in [0.2, 0.25) is 0 Å². The average Bonchev–Trinajstić information content (AvgIpc) is 2.35. The summed E-state index contributed by atoms with van der Waals surface area (Å²) in [6.07, 6.45) is 3.56. The minimum Gasteiger partial charge on any atom is -0.290 e. The maximum absolute atomic E-state index is 11.7. The van der Waals surface area contributed by atoms with Crippen molar-refractivity contribution in [1.82, 2.24) is 0 Å². The molecule has 0 aromatic heterocycles. The summed E-state index contributed by atoms with van der Waals surface area (Å²) < 4.78 is 0. The largest absolute Gasteiger partial charge is 0.290 e. The molecule has 0 N–H and O–H groups in total. The third kappa shape index (κ3) is 2.18. The smallest absolute Gasteiger partial charge is 0.186 e. The number of carbonyl (C=O) groups excluding carboxylic acids is 2. The summed E-state index contributed by atoms with van der Waals surface area (Å²) in [5.41, 5.74) is 9.17. The van der Waals surface area contributed by atoms with Gasteiger partial charge in [-0.2, -0.15) is 0 Å². The third-order valence-electron chi connectivity index (χ3n) is 2.37. The van der Waals surface area contributed by atoms with E-state index in [0.717, 1.165) is 0 Å². The number of nitrogens with zero attached hydrogens (tertiary/aromatic N) is 3. The van der Waals surface area contributed by atoms with E-state index < -0.39 is 0 Å². The highest BCUT2D eigenvalue weighted by Crippen LogP contribution is 2.34. The molecule has 0 atom stereocenters. The molecule has 0 fully saturated rings. The predicted octanol–water partition coefficient (Wildman–Crippen LogP) is 3.37. The second kappa shape index (κ2) is 4.87. The SMILES string of the molecule is [N-]=[N+]=Nc1c(Cl)cccc1C1=CC(=O)C=CC1=O. The molecule has 1 aliphatic rings. The standard InChI is InChI=1S/C12H6ClN3O2/c13-10-3-1-2-8(12(10)15-16-14)9-6-7(17)4-5-11(9)18/h1-6H. The van der Waals surface area contributed by atoms with Crippen molar-refractivity contribution in [2.24, 2.45) is 5.11 Å². The first kappa shape index (κ1) is 12.1. The van der Waals surface area contributed by atoms with Crippen LogP contribution >= 0.6 is 11.6 Å². The number of hydrogen-bond donors (Lipinski definition) is 0. The molecule has 1 aliphatic carbocycles. The number of halogens is 1. The Hall–Kier alpha value is -2.36. The summed E-state index contributed by atoms with van der Waals surface area (Å²) in [6.45, 7) is 0. The molecule has 0 heterocycles. The first-order valence-corrected chi connectivity index (χ1v) is 5.33. The summed E-state index contributed by atoms with van der Waals surface area (Å²) in [7, 11) is 0. The fourth-order valence-corrected chi connectivity index (χ4v) is 1.81. The Balaban J connectivity index is 2.65. The molecule has 0 saturated carbocycles. The van der Waals surface area contributed by atoms with Gasteiger partial charge in [-0.05, 0) is 35.4 Å². The molecule has 88 valence electrons. The molecule has 5 nitrogen and oxygen atoms in total. The lowest BCUT2D eigenvalue weighted by molar-refractivity contribution is -0.113. The summed E-state index contributed by atoms with van der Waals surface area (Å²) >= 11 is 5.91. The molecule has 0 aliphatic heterocycles. The van der Waals surface area contributed by atoms with E-state index in [1.54, 1.807) is 18.2 Å². The summed E-state index contributed by atoms with van der Waals surface area (Å²) in [5, 5.41) is 3.68. The fraction of sp³-hybridized carbons (Fsp3) is 0. The zero-order chi connectivity index (χ0) is 13.1. The van der Waals surface area contributed by atoms with E-state index >= 15 is 0 Å². The van der Waals surface area contributed by atoms with Gasteiger partial charge in [0.25, 0.3) is 0 Å². The molecule has 18 heavy (non-hydrogen) atoms. The Morgan fingerprint density at radius 2 is 2.00 bits per heavy atom. The molecule has 2 rings (SSSR count). The minimum absolute atomic E-state index is 0.143. The normalized spacial score (nSPS) is 14.2. The van der Waals surface area contributed by atoms with Crippen LogP contribution in [0.25, 0.3) is 16.0 Å². The van der Waals surface area contributed by atoms with Gasteiger partial charge < -0.3 is 0 Å². The molecule has 0 unspecified atom stereocenters. The van der Waals surface area contributed by atoms with Crippen LogP contribution in [0.5, 0.6) is 0 Å². The molecule has 0 radical (unpaired) electrons. The average molecular weight is 260 g/mol. The molecule has 6 heteroatoms. The third-order valence-corrected chi connectivity index (χ3v) is 2.68. The Morgan fingerprint density at radius 3 is 2.72 bits per heavy atom. The molecule has 1 aromatic rings. The Labute approximate surface area is 107 Å². The van der Waals surface area contributed by atoms with Gasteiger partial charge in [-0.3, -0.25) is 9.59 Å². The zero-order valence-electron chi connectivity index (χ0n) is 9.00. The highest BCUT2D eigenvalue weighted by atomic mass is 35.5. The van der Waals surface area contributed by atoms with Crippen LogP contribution in [0.2, 0.25) is 5.02 Å². The number of ketones is 2. The van der Waals surface area contributed by atoms with Gasteiger partial charge in [-0.1, -0.05) is 28.8 Å². The van der Waals surface area contributed by atoms with Gasteiger partial charge in [0.1, 0.15) is 0 Å². The highest BCUT2D eigenvalue weighted by molar-refractivity contribution is 6.37. The van der Waals surface area contributed by atoms with Crippen LogP contribution in [-0.2, 0) is 9.59 Å². The van der Waals surface area contributed by atoms with E-state index in [9.17, 15) is 9.59 Å². The fourth-order valence-electron chi connectivity index (χ4n) is 1.60. The topological polar surface area (TPSA) is 82.9 Å². The summed E-state index contributed by atoms with van der Waals surface area (Å²) in [4.78, 5) is 25.7. The van der Waals surface area contributed by atoms with Gasteiger partial charge in [-0.25, -0.2) is 0 Å². The lowest BCUT2D eigenvalue weighted by Crippen LogP contribution is -2.06. The van der Waals surface area contributed by atoms with Crippen molar-refractivity contribution >= 4 is 34.4 Å². The van der Waals surface area contributed by atoms with Crippen molar-refractivity contribution in [3.8, 4) is 0 Å². The van der Waals surface area contributed by atoms with Gasteiger partial charge in [0, 0.05) is 10.5 Å². The van der Waals surface area contributed by atoms with Crippen molar-refractivity contribution in [3.05, 3.63) is 57.5 Å². The van der Waals surface area contributed by atoms with Crippen molar-refractivity contribution in [1.29, 1.82) is 0 Å². The van der Waals surface area contributed by atoms with Crippen LogP contribution < -0.4 is 0 Å². The summed E-state index contributed by atoms with van der Waals surface area (Å²) in [6, 6.07) is 4.73. The van der Waals surface area contributed by atoms with Crippen molar-refractivity contribution in [2.45, 2.75) is 0 Å². The van der Waals surface area contributed by atoms with Crippen LogP contribution in [0.3, 0.4) is 0 Å². The second-order valence-corrected chi connectivity index (χ2v) is 3.89. The number of azide groups is 1. The van der Waals surface area contributed by atoms with Gasteiger partial charge in [0.05, 0.1) is 10.7 Å². The van der Waals surface area contributed by atoms with E-state index in [1.165, 1.54) is 18.2 Å². The maximum atomic E-state index is 11.7. The van der Waals surface area contributed by atoms with E-state index in [-0.39, 0.29) is 27.8 Å². The highest BCUT2D eigenvalue weighted by Gasteiger charge is 2.18. The Morgan fingerprint density at radius 1 is 1.22 bits per heavy atom. The van der Waals surface area contributed by atoms with Crippen molar-refractivity contribution in [2.75, 3.05) is 0 Å². The lowest BCUT2D eigenvalue weighted by Gasteiger charge is -2.10. The van der Waals surface area contributed by atoms with E-state index in [1.807, 2.05) is 0 Å². The molecule has 0 saturated heterocycles. The Bertz CT molecular complexity index is 655. The maximum Gasteiger partial charge on any atom is 0.186 e.